The summed E-state index contributed by atoms with van der Waals surface area (Å²) in [6.07, 6.45) is 0. The van der Waals surface area contributed by atoms with Crippen molar-refractivity contribution in [1.82, 2.24) is 14.4 Å². The Hall–Kier alpha value is -2.62. The Morgan fingerprint density at radius 2 is 2.00 bits per heavy atom. The maximum absolute atomic E-state index is 12.6. The highest BCUT2D eigenvalue weighted by Crippen LogP contribution is 2.16. The zero-order chi connectivity index (χ0) is 13.0. The number of nitrogens with one attached hydrogen (secondary N) is 1. The van der Waals surface area contributed by atoms with E-state index >= 15 is 0 Å². The van der Waals surface area contributed by atoms with Gasteiger partial charge in [0.05, 0.1) is 21.9 Å². The van der Waals surface area contributed by atoms with Crippen LogP contribution in [0.1, 0.15) is 5.56 Å². The molecule has 4 aromatic rings. The van der Waals surface area contributed by atoms with Crippen LogP contribution in [0, 0.1) is 6.92 Å². The maximum atomic E-state index is 12.6. The number of H-pyrrole nitrogens is 1. The highest BCUT2D eigenvalue weighted by molar-refractivity contribution is 5.85. The molecule has 0 atom stereocenters. The number of aryl methyl sites for hydroxylation is 1. The average Bonchev–Trinajstić information content (AvgIpc) is 2.78. The quantitative estimate of drug-likeness (QED) is 0.521. The highest BCUT2D eigenvalue weighted by Gasteiger charge is 2.10. The Kier molecular flexibility index (Phi) is 1.87. The highest BCUT2D eigenvalue weighted by atomic mass is 16.1. The largest absolute Gasteiger partial charge is 0.323 e. The van der Waals surface area contributed by atoms with Crippen LogP contribution in [0.3, 0.4) is 0 Å². The molecule has 0 fully saturated rings. The SMILES string of the molecule is Cc1ccc2nc3[nH]c4ccccc4n3c(=O)c2c1. The minimum absolute atomic E-state index is 0.0267. The molecule has 0 aliphatic rings. The summed E-state index contributed by atoms with van der Waals surface area (Å²) in [6, 6.07) is 13.5. The number of para-hydroxylation sites is 2. The minimum Gasteiger partial charge on any atom is -0.323 e. The zero-order valence-electron chi connectivity index (χ0n) is 10.3. The number of nitrogens with zero attached hydrogens (tertiary/aromatic N) is 2. The van der Waals surface area contributed by atoms with Crippen molar-refractivity contribution in [3.05, 3.63) is 58.4 Å². The van der Waals surface area contributed by atoms with Crippen molar-refractivity contribution in [3.63, 3.8) is 0 Å². The first kappa shape index (κ1) is 10.3. The molecule has 2 aromatic heterocycles. The third-order valence-electron chi connectivity index (χ3n) is 3.42. The normalized spacial score (nSPS) is 11.6. The molecule has 0 spiro atoms. The van der Waals surface area contributed by atoms with Gasteiger partial charge in [0, 0.05) is 0 Å². The molecule has 0 bridgehead atoms. The number of hydrogen-bond donors (Lipinski definition) is 1. The van der Waals surface area contributed by atoms with Crippen LogP contribution in [0.4, 0.5) is 0 Å². The van der Waals surface area contributed by atoms with Crippen LogP contribution in [-0.4, -0.2) is 14.4 Å². The summed E-state index contributed by atoms with van der Waals surface area (Å²) >= 11 is 0. The van der Waals surface area contributed by atoms with E-state index in [1.54, 1.807) is 4.40 Å². The van der Waals surface area contributed by atoms with Gasteiger partial charge in [-0.25, -0.2) is 9.38 Å². The van der Waals surface area contributed by atoms with E-state index in [1.165, 1.54) is 0 Å². The Morgan fingerprint density at radius 3 is 2.89 bits per heavy atom. The first-order valence-electron chi connectivity index (χ1n) is 6.14. The molecule has 4 rings (SSSR count). The molecule has 0 radical (unpaired) electrons. The van der Waals surface area contributed by atoms with Crippen molar-refractivity contribution in [1.29, 1.82) is 0 Å². The van der Waals surface area contributed by atoms with E-state index in [0.29, 0.717) is 11.2 Å². The van der Waals surface area contributed by atoms with E-state index < -0.39 is 0 Å². The number of benzene rings is 2. The molecule has 2 aromatic carbocycles. The van der Waals surface area contributed by atoms with Gasteiger partial charge in [-0.15, -0.1) is 0 Å². The van der Waals surface area contributed by atoms with Gasteiger partial charge in [0.25, 0.3) is 5.56 Å². The second kappa shape index (κ2) is 3.45. The molecule has 1 N–H and O–H groups in total. The lowest BCUT2D eigenvalue weighted by molar-refractivity contribution is 1.12. The number of imidazole rings is 1. The molecule has 0 aliphatic carbocycles. The van der Waals surface area contributed by atoms with E-state index in [2.05, 4.69) is 9.97 Å². The van der Waals surface area contributed by atoms with Crippen molar-refractivity contribution < 1.29 is 0 Å². The zero-order valence-corrected chi connectivity index (χ0v) is 10.3. The fourth-order valence-corrected chi connectivity index (χ4v) is 2.50. The molecule has 92 valence electrons. The molecule has 0 unspecified atom stereocenters. The van der Waals surface area contributed by atoms with E-state index in [1.807, 2.05) is 49.4 Å². The van der Waals surface area contributed by atoms with Crippen LogP contribution in [0.5, 0.6) is 0 Å². The van der Waals surface area contributed by atoms with Crippen molar-refractivity contribution in [3.8, 4) is 0 Å². The van der Waals surface area contributed by atoms with Crippen molar-refractivity contribution >= 4 is 27.7 Å². The third kappa shape index (κ3) is 1.34. The molecule has 0 saturated heterocycles. The smallest absolute Gasteiger partial charge is 0.267 e. The third-order valence-corrected chi connectivity index (χ3v) is 3.42. The van der Waals surface area contributed by atoms with E-state index in [4.69, 9.17) is 0 Å². The van der Waals surface area contributed by atoms with Crippen LogP contribution in [-0.2, 0) is 0 Å². The lowest BCUT2D eigenvalue weighted by atomic mass is 10.2. The topological polar surface area (TPSA) is 50.2 Å². The summed E-state index contributed by atoms with van der Waals surface area (Å²) in [5, 5.41) is 0.655. The number of hydrogen-bond acceptors (Lipinski definition) is 2. The molecule has 0 amide bonds. The van der Waals surface area contributed by atoms with E-state index in [-0.39, 0.29) is 5.56 Å². The Labute approximate surface area is 108 Å². The van der Waals surface area contributed by atoms with Gasteiger partial charge >= 0.3 is 0 Å². The van der Waals surface area contributed by atoms with Gasteiger partial charge < -0.3 is 4.98 Å². The molecule has 4 heteroatoms. The van der Waals surface area contributed by atoms with Gasteiger partial charge in [0.1, 0.15) is 0 Å². The summed E-state index contributed by atoms with van der Waals surface area (Å²) < 4.78 is 1.64. The number of aromatic amines is 1. The second-order valence-electron chi connectivity index (χ2n) is 4.74. The monoisotopic (exact) mass is 249 g/mol. The van der Waals surface area contributed by atoms with Gasteiger partial charge in [-0.1, -0.05) is 23.8 Å². The van der Waals surface area contributed by atoms with Crippen LogP contribution >= 0.6 is 0 Å². The first-order chi connectivity index (χ1) is 9.24. The number of aromatic nitrogens is 3. The Morgan fingerprint density at radius 1 is 1.16 bits per heavy atom. The summed E-state index contributed by atoms with van der Waals surface area (Å²) in [7, 11) is 0. The predicted octanol–water partition coefficient (Wildman–Crippen LogP) is 2.64. The van der Waals surface area contributed by atoms with Crippen LogP contribution in [0.15, 0.2) is 47.3 Å². The van der Waals surface area contributed by atoms with E-state index in [9.17, 15) is 4.79 Å². The van der Waals surface area contributed by atoms with Crippen LogP contribution in [0.2, 0.25) is 0 Å². The summed E-state index contributed by atoms with van der Waals surface area (Å²) in [6.45, 7) is 1.98. The number of rotatable bonds is 0. The van der Waals surface area contributed by atoms with E-state index in [0.717, 1.165) is 22.1 Å². The average molecular weight is 249 g/mol. The van der Waals surface area contributed by atoms with Crippen molar-refractivity contribution in [2.75, 3.05) is 0 Å². The second-order valence-corrected chi connectivity index (χ2v) is 4.74. The van der Waals surface area contributed by atoms with Gasteiger partial charge in [-0.05, 0) is 31.2 Å². The Bertz CT molecular complexity index is 995. The summed E-state index contributed by atoms with van der Waals surface area (Å²) in [5.41, 5.74) is 3.53. The molecule has 2 heterocycles. The van der Waals surface area contributed by atoms with Gasteiger partial charge in [-0.2, -0.15) is 0 Å². The van der Waals surface area contributed by atoms with Crippen LogP contribution in [0.25, 0.3) is 27.7 Å². The molecule has 19 heavy (non-hydrogen) atoms. The molecular weight excluding hydrogens is 238 g/mol. The van der Waals surface area contributed by atoms with Gasteiger partial charge in [0.2, 0.25) is 5.78 Å². The van der Waals surface area contributed by atoms with Gasteiger partial charge in [0.15, 0.2) is 0 Å². The standard InChI is InChI=1S/C15H11N3O/c1-9-6-7-11-10(8-9)14(19)18-13-5-3-2-4-12(13)17-15(18)16-11/h2-8H,1H3,(H,16,17). The fraction of sp³-hybridized carbons (Fsp3) is 0.0667. The molecule has 0 saturated carbocycles. The lowest BCUT2D eigenvalue weighted by Gasteiger charge is -2.00. The predicted molar refractivity (Wildman–Crippen MR) is 75.6 cm³/mol. The fourth-order valence-electron chi connectivity index (χ4n) is 2.50. The number of fused-ring (bicyclic) bond motifs is 4. The maximum Gasteiger partial charge on any atom is 0.267 e. The molecule has 0 aliphatic heterocycles. The summed E-state index contributed by atoms with van der Waals surface area (Å²) in [4.78, 5) is 20.3. The first-order valence-corrected chi connectivity index (χ1v) is 6.14. The lowest BCUT2D eigenvalue weighted by Crippen LogP contribution is -2.14. The molecular formula is C15H11N3O. The summed E-state index contributed by atoms with van der Waals surface area (Å²) in [5.74, 6) is 0.586. The minimum atomic E-state index is -0.0267. The van der Waals surface area contributed by atoms with Gasteiger partial charge in [-0.3, -0.25) is 4.79 Å². The van der Waals surface area contributed by atoms with Crippen molar-refractivity contribution in [2.24, 2.45) is 0 Å². The Balaban J connectivity index is 2.34. The van der Waals surface area contributed by atoms with Crippen LogP contribution < -0.4 is 5.56 Å². The van der Waals surface area contributed by atoms with Crippen molar-refractivity contribution in [2.45, 2.75) is 6.92 Å². The molecule has 4 nitrogen and oxygen atoms in total.